The number of anilines is 2. The molecule has 3 N–H and O–H groups in total. The molecule has 0 spiro atoms. The van der Waals surface area contributed by atoms with E-state index >= 15 is 0 Å². The van der Waals surface area contributed by atoms with E-state index in [0.717, 1.165) is 0 Å². The second-order valence-electron chi connectivity index (χ2n) is 7.70. The van der Waals surface area contributed by atoms with Gasteiger partial charge >= 0.3 is 0 Å². The normalized spacial score (nSPS) is 10.8. The molecule has 0 radical (unpaired) electrons. The average molecular weight is 485 g/mol. The number of nitrogens with zero attached hydrogens (tertiary/aromatic N) is 5. The third kappa shape index (κ3) is 4.49. The molecular formula is C25H20FN7O3. The Morgan fingerprint density at radius 3 is 2.69 bits per heavy atom. The standard InChI is InChI=1S/C25H20FN7O3/c1-35-22-9-5-3-7-16(22)25(34)29-20-13-28-24(30-23(20)27)19-12-21(18-10-11-36-32-18)33(31-19)14-15-6-2-4-8-17(15)26/h2-13H,14H2,1H3,(H,29,34)(H2,27,28,30). The lowest BCUT2D eigenvalue weighted by molar-refractivity contribution is 0.102. The molecule has 0 fully saturated rings. The molecule has 10 nitrogen and oxygen atoms in total. The van der Waals surface area contributed by atoms with Crippen molar-refractivity contribution < 1.29 is 18.4 Å². The molecule has 1 amide bonds. The van der Waals surface area contributed by atoms with E-state index in [1.807, 2.05) is 0 Å². The van der Waals surface area contributed by atoms with Gasteiger partial charge in [-0.15, -0.1) is 0 Å². The number of amides is 1. The molecule has 5 aromatic rings. The summed E-state index contributed by atoms with van der Waals surface area (Å²) in [6, 6.07) is 16.6. The molecule has 11 heteroatoms. The first-order chi connectivity index (χ1) is 17.5. The largest absolute Gasteiger partial charge is 0.496 e. The molecule has 0 aliphatic carbocycles. The van der Waals surface area contributed by atoms with E-state index in [0.29, 0.717) is 34.0 Å². The van der Waals surface area contributed by atoms with Crippen molar-refractivity contribution in [2.75, 3.05) is 18.2 Å². The third-order valence-corrected chi connectivity index (χ3v) is 5.41. The predicted molar refractivity (Wildman–Crippen MR) is 130 cm³/mol. The molecule has 2 aromatic carbocycles. The van der Waals surface area contributed by atoms with Crippen molar-refractivity contribution >= 4 is 17.4 Å². The van der Waals surface area contributed by atoms with Gasteiger partial charge in [0.1, 0.15) is 34.9 Å². The fourth-order valence-electron chi connectivity index (χ4n) is 3.62. The number of hydrogen-bond donors (Lipinski definition) is 2. The molecule has 3 heterocycles. The van der Waals surface area contributed by atoms with Crippen LogP contribution >= 0.6 is 0 Å². The van der Waals surface area contributed by atoms with Crippen molar-refractivity contribution in [2.24, 2.45) is 0 Å². The Hall–Kier alpha value is -5.06. The van der Waals surface area contributed by atoms with Crippen LogP contribution in [0.3, 0.4) is 0 Å². The SMILES string of the molecule is COc1ccccc1C(=O)Nc1cnc(-c2cc(-c3ccon3)n(Cc3ccccc3F)n2)nc1N. The van der Waals surface area contributed by atoms with Gasteiger partial charge in [-0.3, -0.25) is 9.48 Å². The van der Waals surface area contributed by atoms with Crippen LogP contribution in [0.1, 0.15) is 15.9 Å². The number of nitrogens with two attached hydrogens (primary N) is 1. The highest BCUT2D eigenvalue weighted by molar-refractivity contribution is 6.07. The number of para-hydroxylation sites is 1. The molecule has 3 aromatic heterocycles. The zero-order chi connectivity index (χ0) is 25.1. The van der Waals surface area contributed by atoms with Crippen LogP contribution in [0.4, 0.5) is 15.9 Å². The number of benzene rings is 2. The average Bonchev–Trinajstić information content (AvgIpc) is 3.57. The Labute approximate surface area is 204 Å². The van der Waals surface area contributed by atoms with Crippen LogP contribution in [-0.4, -0.2) is 37.9 Å². The van der Waals surface area contributed by atoms with Gasteiger partial charge in [0.15, 0.2) is 11.6 Å². The van der Waals surface area contributed by atoms with E-state index in [1.54, 1.807) is 59.3 Å². The Kier molecular flexibility index (Phi) is 6.10. The van der Waals surface area contributed by atoms with E-state index in [2.05, 4.69) is 25.5 Å². The van der Waals surface area contributed by atoms with Gasteiger partial charge in [-0.1, -0.05) is 35.5 Å². The molecule has 5 rings (SSSR count). The minimum atomic E-state index is -0.419. The first kappa shape index (κ1) is 22.7. The van der Waals surface area contributed by atoms with Crippen molar-refractivity contribution in [3.8, 4) is 28.7 Å². The number of hydrogen-bond acceptors (Lipinski definition) is 8. The number of aromatic nitrogens is 5. The molecule has 36 heavy (non-hydrogen) atoms. The van der Waals surface area contributed by atoms with Crippen LogP contribution in [0.25, 0.3) is 22.9 Å². The van der Waals surface area contributed by atoms with Gasteiger partial charge in [0.05, 0.1) is 31.1 Å². The Morgan fingerprint density at radius 2 is 1.94 bits per heavy atom. The van der Waals surface area contributed by atoms with Crippen molar-refractivity contribution in [3.63, 3.8) is 0 Å². The van der Waals surface area contributed by atoms with Crippen LogP contribution in [0.15, 0.2) is 77.6 Å². The summed E-state index contributed by atoms with van der Waals surface area (Å²) in [5.41, 5.74) is 8.64. The topological polar surface area (TPSA) is 134 Å². The summed E-state index contributed by atoms with van der Waals surface area (Å²) in [7, 11) is 1.48. The van der Waals surface area contributed by atoms with Gasteiger partial charge < -0.3 is 20.3 Å². The summed E-state index contributed by atoms with van der Waals surface area (Å²) >= 11 is 0. The minimum Gasteiger partial charge on any atom is -0.496 e. The number of nitrogens with one attached hydrogen (secondary N) is 1. The fourth-order valence-corrected chi connectivity index (χ4v) is 3.62. The van der Waals surface area contributed by atoms with Crippen molar-refractivity contribution in [1.29, 1.82) is 0 Å². The number of halogens is 1. The first-order valence-electron chi connectivity index (χ1n) is 10.8. The Balaban J connectivity index is 1.45. The molecule has 0 saturated heterocycles. The predicted octanol–water partition coefficient (Wildman–Crippen LogP) is 4.03. The van der Waals surface area contributed by atoms with Gasteiger partial charge in [0.2, 0.25) is 0 Å². The lowest BCUT2D eigenvalue weighted by Gasteiger charge is -2.10. The van der Waals surface area contributed by atoms with Gasteiger partial charge in [-0.2, -0.15) is 5.10 Å². The summed E-state index contributed by atoms with van der Waals surface area (Å²) in [4.78, 5) is 21.4. The maximum absolute atomic E-state index is 14.3. The van der Waals surface area contributed by atoms with Gasteiger partial charge in [0, 0.05) is 11.6 Å². The molecule has 0 saturated carbocycles. The summed E-state index contributed by atoms with van der Waals surface area (Å²) in [6.45, 7) is 0.150. The summed E-state index contributed by atoms with van der Waals surface area (Å²) in [5, 5.41) is 11.2. The van der Waals surface area contributed by atoms with E-state index in [-0.39, 0.29) is 29.7 Å². The number of nitrogen functional groups attached to an aromatic ring is 1. The fraction of sp³-hybridized carbons (Fsp3) is 0.0800. The summed E-state index contributed by atoms with van der Waals surface area (Å²) in [6.07, 6.45) is 2.83. The van der Waals surface area contributed by atoms with Crippen LogP contribution in [0, 0.1) is 5.82 Å². The number of methoxy groups -OCH3 is 1. The Morgan fingerprint density at radius 1 is 1.14 bits per heavy atom. The van der Waals surface area contributed by atoms with E-state index in [1.165, 1.54) is 25.6 Å². The zero-order valence-electron chi connectivity index (χ0n) is 19.1. The highest BCUT2D eigenvalue weighted by Gasteiger charge is 2.19. The maximum atomic E-state index is 14.3. The molecular weight excluding hydrogens is 465 g/mol. The van der Waals surface area contributed by atoms with Crippen LogP contribution in [0.2, 0.25) is 0 Å². The first-order valence-corrected chi connectivity index (χ1v) is 10.8. The number of carbonyl (C=O) groups is 1. The smallest absolute Gasteiger partial charge is 0.259 e. The highest BCUT2D eigenvalue weighted by Crippen LogP contribution is 2.27. The lowest BCUT2D eigenvalue weighted by Crippen LogP contribution is -2.15. The molecule has 0 bridgehead atoms. The van der Waals surface area contributed by atoms with Gasteiger partial charge in [-0.25, -0.2) is 14.4 Å². The minimum absolute atomic E-state index is 0.0508. The third-order valence-electron chi connectivity index (χ3n) is 5.41. The van der Waals surface area contributed by atoms with Gasteiger partial charge in [-0.05, 0) is 24.3 Å². The lowest BCUT2D eigenvalue weighted by atomic mass is 10.2. The highest BCUT2D eigenvalue weighted by atomic mass is 19.1. The van der Waals surface area contributed by atoms with Crippen molar-refractivity contribution in [1.82, 2.24) is 24.9 Å². The Bertz CT molecular complexity index is 1530. The van der Waals surface area contributed by atoms with Crippen molar-refractivity contribution in [3.05, 3.63) is 90.1 Å². The number of rotatable bonds is 7. The zero-order valence-corrected chi connectivity index (χ0v) is 19.1. The van der Waals surface area contributed by atoms with Gasteiger partial charge in [0.25, 0.3) is 5.91 Å². The molecule has 0 unspecified atom stereocenters. The van der Waals surface area contributed by atoms with E-state index < -0.39 is 5.91 Å². The van der Waals surface area contributed by atoms with E-state index in [4.69, 9.17) is 15.0 Å². The molecule has 0 atom stereocenters. The van der Waals surface area contributed by atoms with Crippen LogP contribution < -0.4 is 15.8 Å². The molecule has 180 valence electrons. The van der Waals surface area contributed by atoms with E-state index in [9.17, 15) is 9.18 Å². The van der Waals surface area contributed by atoms with Crippen molar-refractivity contribution in [2.45, 2.75) is 6.54 Å². The molecule has 0 aliphatic heterocycles. The number of ether oxygens (including phenoxy) is 1. The quantitative estimate of drug-likeness (QED) is 0.353. The van der Waals surface area contributed by atoms with Crippen LogP contribution in [-0.2, 0) is 6.54 Å². The monoisotopic (exact) mass is 485 g/mol. The summed E-state index contributed by atoms with van der Waals surface area (Å²) < 4.78 is 26.1. The second-order valence-corrected chi connectivity index (χ2v) is 7.70. The summed E-state index contributed by atoms with van der Waals surface area (Å²) in [5.74, 6) is -0.0733. The number of carbonyl (C=O) groups excluding carboxylic acids is 1. The van der Waals surface area contributed by atoms with Crippen LogP contribution in [0.5, 0.6) is 5.75 Å². The molecule has 0 aliphatic rings. The second kappa shape index (κ2) is 9.66. The maximum Gasteiger partial charge on any atom is 0.259 e.